The summed E-state index contributed by atoms with van der Waals surface area (Å²) < 4.78 is 35.3. The van der Waals surface area contributed by atoms with Crippen molar-refractivity contribution in [2.75, 3.05) is 0 Å². The molecule has 92 valence electrons. The number of hydrazine groups is 1. The van der Waals surface area contributed by atoms with Gasteiger partial charge in [-0.05, 0) is 12.1 Å². The Morgan fingerprint density at radius 1 is 1.12 bits per heavy atom. The maximum absolute atomic E-state index is 11.8. The van der Waals surface area contributed by atoms with Crippen molar-refractivity contribution >= 4 is 11.8 Å². The first-order valence-electron chi connectivity index (χ1n) is 4.28. The van der Waals surface area contributed by atoms with Crippen LogP contribution in [0.1, 0.15) is 10.4 Å². The van der Waals surface area contributed by atoms with Gasteiger partial charge in [-0.3, -0.25) is 20.4 Å². The normalized spacial score (nSPS) is 10.8. The molecule has 0 spiro atoms. The van der Waals surface area contributed by atoms with Crippen molar-refractivity contribution in [3.05, 3.63) is 29.8 Å². The number of phenols is 1. The van der Waals surface area contributed by atoms with Crippen LogP contribution in [0, 0.1) is 0 Å². The van der Waals surface area contributed by atoms with Crippen molar-refractivity contribution in [2.24, 2.45) is 0 Å². The largest absolute Gasteiger partial charge is 0.507 e. The van der Waals surface area contributed by atoms with E-state index in [1.807, 2.05) is 0 Å². The molecule has 0 atom stereocenters. The van der Waals surface area contributed by atoms with Crippen LogP contribution in [0.25, 0.3) is 0 Å². The van der Waals surface area contributed by atoms with Gasteiger partial charge in [0.2, 0.25) is 0 Å². The highest BCUT2D eigenvalue weighted by Crippen LogP contribution is 2.15. The summed E-state index contributed by atoms with van der Waals surface area (Å²) in [4.78, 5) is 21.6. The highest BCUT2D eigenvalue weighted by Gasteiger charge is 2.39. The number of amides is 2. The van der Waals surface area contributed by atoms with Crippen LogP contribution in [0.4, 0.5) is 13.2 Å². The predicted molar refractivity (Wildman–Crippen MR) is 49.8 cm³/mol. The first-order chi connectivity index (χ1) is 7.82. The molecule has 8 heteroatoms. The second kappa shape index (κ2) is 4.73. The average molecular weight is 248 g/mol. The van der Waals surface area contributed by atoms with E-state index in [0.29, 0.717) is 0 Å². The van der Waals surface area contributed by atoms with Crippen molar-refractivity contribution in [3.8, 4) is 5.75 Å². The number of phenolic OH excluding ortho intramolecular Hbond substituents is 1. The van der Waals surface area contributed by atoms with Gasteiger partial charge in [0.15, 0.2) is 0 Å². The molecule has 0 aliphatic rings. The molecule has 2 amide bonds. The predicted octanol–water partition coefficient (Wildman–Crippen LogP) is 0.716. The van der Waals surface area contributed by atoms with Crippen LogP contribution in [0.3, 0.4) is 0 Å². The van der Waals surface area contributed by atoms with Gasteiger partial charge in [0, 0.05) is 0 Å². The minimum absolute atomic E-state index is 0.255. The summed E-state index contributed by atoms with van der Waals surface area (Å²) in [6, 6.07) is 5.20. The molecule has 1 aromatic carbocycles. The lowest BCUT2D eigenvalue weighted by Gasteiger charge is -2.09. The molecule has 0 aliphatic heterocycles. The fraction of sp³-hybridized carbons (Fsp3) is 0.111. The van der Waals surface area contributed by atoms with Gasteiger partial charge in [0.1, 0.15) is 5.75 Å². The molecule has 0 bridgehead atoms. The molecule has 0 saturated carbocycles. The molecule has 0 unspecified atom stereocenters. The Morgan fingerprint density at radius 2 is 1.71 bits per heavy atom. The third kappa shape index (κ3) is 3.37. The minimum atomic E-state index is -5.09. The zero-order valence-electron chi connectivity index (χ0n) is 8.21. The van der Waals surface area contributed by atoms with Crippen molar-refractivity contribution in [2.45, 2.75) is 6.18 Å². The molecule has 0 radical (unpaired) electrons. The third-order valence-corrected chi connectivity index (χ3v) is 1.70. The molecule has 0 aliphatic carbocycles. The number of hydrogen-bond donors (Lipinski definition) is 3. The second-order valence-electron chi connectivity index (χ2n) is 2.92. The highest BCUT2D eigenvalue weighted by atomic mass is 19.4. The molecule has 3 N–H and O–H groups in total. The fourth-order valence-electron chi connectivity index (χ4n) is 0.917. The molecule has 1 rings (SSSR count). The van der Waals surface area contributed by atoms with Crippen LogP contribution in [0.5, 0.6) is 5.75 Å². The van der Waals surface area contributed by atoms with Crippen LogP contribution in [0.2, 0.25) is 0 Å². The lowest BCUT2D eigenvalue weighted by Crippen LogP contribution is -2.47. The summed E-state index contributed by atoms with van der Waals surface area (Å²) >= 11 is 0. The summed E-state index contributed by atoms with van der Waals surface area (Å²) in [5, 5.41) is 9.21. The van der Waals surface area contributed by atoms with E-state index in [9.17, 15) is 27.9 Å². The number of carbonyl (C=O) groups excluding carboxylic acids is 2. The van der Waals surface area contributed by atoms with Crippen molar-refractivity contribution < 1.29 is 27.9 Å². The standard InChI is InChI=1S/C9H7F3N2O3/c10-9(11,12)8(17)14-13-7(16)5-3-1-2-4-6(5)15/h1-4,15H,(H,13,16)(H,14,17). The molecular formula is C9H7F3N2O3. The number of rotatable bonds is 1. The smallest absolute Gasteiger partial charge is 0.472 e. The van der Waals surface area contributed by atoms with Crippen molar-refractivity contribution in [1.82, 2.24) is 10.9 Å². The van der Waals surface area contributed by atoms with E-state index in [0.717, 1.165) is 0 Å². The van der Waals surface area contributed by atoms with Gasteiger partial charge < -0.3 is 5.11 Å². The Hall–Kier alpha value is -2.25. The maximum atomic E-state index is 11.8. The lowest BCUT2D eigenvalue weighted by molar-refractivity contribution is -0.174. The quantitative estimate of drug-likeness (QED) is 0.640. The van der Waals surface area contributed by atoms with Crippen LogP contribution >= 0.6 is 0 Å². The molecule has 0 aromatic heterocycles. The molecule has 5 nitrogen and oxygen atoms in total. The first kappa shape index (κ1) is 12.8. The third-order valence-electron chi connectivity index (χ3n) is 1.70. The van der Waals surface area contributed by atoms with Gasteiger partial charge in [-0.25, -0.2) is 0 Å². The topological polar surface area (TPSA) is 78.4 Å². The molecule has 0 fully saturated rings. The number of para-hydroxylation sites is 1. The Labute approximate surface area is 93.2 Å². The van der Waals surface area contributed by atoms with Gasteiger partial charge in [0.25, 0.3) is 5.91 Å². The Bertz CT molecular complexity index is 445. The number of hydrogen-bond acceptors (Lipinski definition) is 3. The number of aromatic hydroxyl groups is 1. The molecule has 0 saturated heterocycles. The van der Waals surface area contributed by atoms with Gasteiger partial charge >= 0.3 is 12.1 Å². The number of carbonyl (C=O) groups is 2. The van der Waals surface area contributed by atoms with E-state index in [4.69, 9.17) is 0 Å². The Balaban J connectivity index is 2.63. The minimum Gasteiger partial charge on any atom is -0.507 e. The summed E-state index contributed by atoms with van der Waals surface area (Å²) in [6.07, 6.45) is -5.09. The Kier molecular flexibility index (Phi) is 3.56. The second-order valence-corrected chi connectivity index (χ2v) is 2.92. The van der Waals surface area contributed by atoms with E-state index < -0.39 is 23.7 Å². The number of nitrogens with one attached hydrogen (secondary N) is 2. The van der Waals surface area contributed by atoms with E-state index in [1.165, 1.54) is 35.1 Å². The van der Waals surface area contributed by atoms with Crippen LogP contribution in [0.15, 0.2) is 24.3 Å². The van der Waals surface area contributed by atoms with Crippen molar-refractivity contribution in [1.29, 1.82) is 0 Å². The lowest BCUT2D eigenvalue weighted by atomic mass is 10.2. The summed E-state index contributed by atoms with van der Waals surface area (Å²) in [6.45, 7) is 0. The van der Waals surface area contributed by atoms with E-state index in [1.54, 1.807) is 0 Å². The van der Waals surface area contributed by atoms with Gasteiger partial charge in [-0.2, -0.15) is 13.2 Å². The van der Waals surface area contributed by atoms with E-state index >= 15 is 0 Å². The number of halogens is 3. The van der Waals surface area contributed by atoms with Gasteiger partial charge in [-0.1, -0.05) is 12.1 Å². The van der Waals surface area contributed by atoms with Crippen molar-refractivity contribution in [3.63, 3.8) is 0 Å². The van der Waals surface area contributed by atoms with Crippen LogP contribution < -0.4 is 10.9 Å². The number of alkyl halides is 3. The molecule has 17 heavy (non-hydrogen) atoms. The summed E-state index contributed by atoms with van der Waals surface area (Å²) in [5.41, 5.74) is 2.45. The molecular weight excluding hydrogens is 241 g/mol. The highest BCUT2D eigenvalue weighted by molar-refractivity contribution is 5.98. The van der Waals surface area contributed by atoms with E-state index in [2.05, 4.69) is 0 Å². The average Bonchev–Trinajstić information content (AvgIpc) is 2.24. The summed E-state index contributed by atoms with van der Waals surface area (Å²) in [7, 11) is 0. The first-order valence-corrected chi connectivity index (χ1v) is 4.28. The zero-order valence-corrected chi connectivity index (χ0v) is 8.21. The van der Waals surface area contributed by atoms with Crippen LogP contribution in [-0.2, 0) is 4.79 Å². The Morgan fingerprint density at radius 3 is 2.24 bits per heavy atom. The molecule has 0 heterocycles. The SMILES string of the molecule is O=C(NNC(=O)C(F)(F)F)c1ccccc1O. The van der Waals surface area contributed by atoms with Gasteiger partial charge in [-0.15, -0.1) is 0 Å². The van der Waals surface area contributed by atoms with E-state index in [-0.39, 0.29) is 5.56 Å². The van der Waals surface area contributed by atoms with Gasteiger partial charge in [0.05, 0.1) is 5.56 Å². The van der Waals surface area contributed by atoms with Crippen LogP contribution in [-0.4, -0.2) is 23.1 Å². The number of benzene rings is 1. The monoisotopic (exact) mass is 248 g/mol. The maximum Gasteiger partial charge on any atom is 0.472 e. The zero-order chi connectivity index (χ0) is 13.1. The molecule has 1 aromatic rings. The summed E-state index contributed by atoms with van der Waals surface area (Å²) in [5.74, 6) is -3.77. The fourth-order valence-corrected chi connectivity index (χ4v) is 0.917.